The lowest BCUT2D eigenvalue weighted by molar-refractivity contribution is -0.177. The van der Waals surface area contributed by atoms with Crippen molar-refractivity contribution in [3.63, 3.8) is 0 Å². The van der Waals surface area contributed by atoms with E-state index in [4.69, 9.17) is 14.2 Å². The van der Waals surface area contributed by atoms with E-state index < -0.39 is 0 Å². The van der Waals surface area contributed by atoms with Crippen molar-refractivity contribution in [3.8, 4) is 0 Å². The first kappa shape index (κ1) is 14.5. The molecule has 0 amide bonds. The SMILES string of the molecule is CCOC(COC1CCCc2ccccc21)OCC. The number of benzene rings is 1. The zero-order valence-electron chi connectivity index (χ0n) is 11.9. The molecule has 0 fully saturated rings. The number of fused-ring (bicyclic) bond motifs is 1. The van der Waals surface area contributed by atoms with Gasteiger partial charge in [0.2, 0.25) is 0 Å². The van der Waals surface area contributed by atoms with Crippen LogP contribution in [0.15, 0.2) is 24.3 Å². The van der Waals surface area contributed by atoms with E-state index in [-0.39, 0.29) is 12.4 Å². The van der Waals surface area contributed by atoms with E-state index in [2.05, 4.69) is 24.3 Å². The number of hydrogen-bond donors (Lipinski definition) is 0. The molecule has 0 aliphatic heterocycles. The number of rotatable bonds is 7. The summed E-state index contributed by atoms with van der Waals surface area (Å²) in [5.74, 6) is 0. The molecule has 1 unspecified atom stereocenters. The largest absolute Gasteiger partial charge is 0.368 e. The van der Waals surface area contributed by atoms with Crippen molar-refractivity contribution < 1.29 is 14.2 Å². The molecule has 1 aliphatic rings. The Morgan fingerprint density at radius 1 is 1.16 bits per heavy atom. The van der Waals surface area contributed by atoms with Crippen molar-refractivity contribution in [2.45, 2.75) is 45.5 Å². The Morgan fingerprint density at radius 2 is 1.89 bits per heavy atom. The molecule has 1 aromatic carbocycles. The predicted octanol–water partition coefficient (Wildman–Crippen LogP) is 3.48. The Balaban J connectivity index is 1.92. The number of ether oxygens (including phenoxy) is 3. The van der Waals surface area contributed by atoms with Gasteiger partial charge in [0.1, 0.15) is 0 Å². The van der Waals surface area contributed by atoms with Gasteiger partial charge in [-0.1, -0.05) is 24.3 Å². The molecule has 3 nitrogen and oxygen atoms in total. The fraction of sp³-hybridized carbons (Fsp3) is 0.625. The van der Waals surface area contributed by atoms with Crippen molar-refractivity contribution >= 4 is 0 Å². The fourth-order valence-corrected chi connectivity index (χ4v) is 2.59. The van der Waals surface area contributed by atoms with Gasteiger partial charge in [-0.3, -0.25) is 0 Å². The summed E-state index contributed by atoms with van der Waals surface area (Å²) in [7, 11) is 0. The molecule has 19 heavy (non-hydrogen) atoms. The molecule has 0 saturated heterocycles. The van der Waals surface area contributed by atoms with Crippen molar-refractivity contribution in [3.05, 3.63) is 35.4 Å². The Hall–Kier alpha value is -0.900. The minimum Gasteiger partial charge on any atom is -0.368 e. The second kappa shape index (κ2) is 7.63. The predicted molar refractivity (Wildman–Crippen MR) is 75.1 cm³/mol. The normalized spacial score (nSPS) is 18.6. The van der Waals surface area contributed by atoms with E-state index in [0.29, 0.717) is 19.8 Å². The molecule has 0 spiro atoms. The fourth-order valence-electron chi connectivity index (χ4n) is 2.59. The molecule has 0 aromatic heterocycles. The Morgan fingerprint density at radius 3 is 2.63 bits per heavy atom. The lowest BCUT2D eigenvalue weighted by Crippen LogP contribution is -2.25. The number of aryl methyl sites for hydroxylation is 1. The first-order valence-electron chi connectivity index (χ1n) is 7.27. The summed E-state index contributed by atoms with van der Waals surface area (Å²) in [4.78, 5) is 0. The van der Waals surface area contributed by atoms with Gasteiger partial charge in [-0.15, -0.1) is 0 Å². The second-order valence-corrected chi connectivity index (χ2v) is 4.75. The van der Waals surface area contributed by atoms with Gasteiger partial charge in [0.15, 0.2) is 6.29 Å². The quantitative estimate of drug-likeness (QED) is 0.706. The van der Waals surface area contributed by atoms with Crippen LogP contribution in [0.25, 0.3) is 0 Å². The summed E-state index contributed by atoms with van der Waals surface area (Å²) in [5.41, 5.74) is 2.75. The smallest absolute Gasteiger partial charge is 0.180 e. The molecule has 0 bridgehead atoms. The van der Waals surface area contributed by atoms with Crippen molar-refractivity contribution in [1.29, 1.82) is 0 Å². The van der Waals surface area contributed by atoms with Crippen LogP contribution in [-0.4, -0.2) is 26.1 Å². The third-order valence-corrected chi connectivity index (χ3v) is 3.45. The third kappa shape index (κ3) is 4.03. The zero-order chi connectivity index (χ0) is 13.5. The van der Waals surface area contributed by atoms with Gasteiger partial charge < -0.3 is 14.2 Å². The van der Waals surface area contributed by atoms with Crippen molar-refractivity contribution in [2.75, 3.05) is 19.8 Å². The first-order valence-corrected chi connectivity index (χ1v) is 7.27. The Kier molecular flexibility index (Phi) is 5.83. The molecule has 1 aliphatic carbocycles. The van der Waals surface area contributed by atoms with E-state index >= 15 is 0 Å². The van der Waals surface area contributed by atoms with Crippen molar-refractivity contribution in [1.82, 2.24) is 0 Å². The van der Waals surface area contributed by atoms with Crippen LogP contribution >= 0.6 is 0 Å². The molecule has 0 radical (unpaired) electrons. The average Bonchev–Trinajstić information content (AvgIpc) is 2.45. The highest BCUT2D eigenvalue weighted by Gasteiger charge is 2.21. The number of hydrogen-bond acceptors (Lipinski definition) is 3. The zero-order valence-corrected chi connectivity index (χ0v) is 11.9. The molecular formula is C16H24O3. The highest BCUT2D eigenvalue weighted by molar-refractivity contribution is 5.31. The van der Waals surface area contributed by atoms with Crippen LogP contribution < -0.4 is 0 Å². The molecule has 2 rings (SSSR count). The van der Waals surface area contributed by atoms with E-state index in [1.54, 1.807) is 0 Å². The Labute approximate surface area is 115 Å². The van der Waals surface area contributed by atoms with Gasteiger partial charge in [0, 0.05) is 13.2 Å². The average molecular weight is 264 g/mol. The maximum Gasteiger partial charge on any atom is 0.180 e. The van der Waals surface area contributed by atoms with Crippen LogP contribution in [0.2, 0.25) is 0 Å². The standard InChI is InChI=1S/C16H24O3/c1-3-17-16(18-4-2)12-19-15-11-7-9-13-8-5-6-10-14(13)15/h5-6,8,10,15-16H,3-4,7,9,11-12H2,1-2H3. The van der Waals surface area contributed by atoms with Gasteiger partial charge in [-0.2, -0.15) is 0 Å². The summed E-state index contributed by atoms with van der Waals surface area (Å²) in [6, 6.07) is 8.57. The molecule has 106 valence electrons. The lowest BCUT2D eigenvalue weighted by atomic mass is 9.89. The summed E-state index contributed by atoms with van der Waals surface area (Å²) in [5, 5.41) is 0. The summed E-state index contributed by atoms with van der Waals surface area (Å²) in [6.45, 7) is 5.75. The maximum absolute atomic E-state index is 6.03. The molecule has 1 atom stereocenters. The van der Waals surface area contributed by atoms with Gasteiger partial charge >= 0.3 is 0 Å². The van der Waals surface area contributed by atoms with Gasteiger partial charge in [0.25, 0.3) is 0 Å². The minimum atomic E-state index is -0.246. The van der Waals surface area contributed by atoms with Gasteiger partial charge in [0.05, 0.1) is 12.7 Å². The summed E-state index contributed by atoms with van der Waals surface area (Å²) >= 11 is 0. The highest BCUT2D eigenvalue weighted by Crippen LogP contribution is 2.32. The molecule has 1 aromatic rings. The molecule has 0 N–H and O–H groups in total. The van der Waals surface area contributed by atoms with E-state index in [1.165, 1.54) is 17.5 Å². The molecule has 0 heterocycles. The van der Waals surface area contributed by atoms with Gasteiger partial charge in [-0.25, -0.2) is 0 Å². The van der Waals surface area contributed by atoms with Crippen LogP contribution in [0.3, 0.4) is 0 Å². The molecule has 3 heteroatoms. The third-order valence-electron chi connectivity index (χ3n) is 3.45. The van der Waals surface area contributed by atoms with E-state index in [9.17, 15) is 0 Å². The molecular weight excluding hydrogens is 240 g/mol. The monoisotopic (exact) mass is 264 g/mol. The van der Waals surface area contributed by atoms with Crippen LogP contribution in [0.1, 0.15) is 43.9 Å². The Bertz CT molecular complexity index is 372. The van der Waals surface area contributed by atoms with Gasteiger partial charge in [-0.05, 0) is 44.2 Å². The van der Waals surface area contributed by atoms with Crippen molar-refractivity contribution in [2.24, 2.45) is 0 Å². The van der Waals surface area contributed by atoms with Crippen LogP contribution in [0.4, 0.5) is 0 Å². The van der Waals surface area contributed by atoms with E-state index in [0.717, 1.165) is 12.8 Å². The first-order chi connectivity index (χ1) is 9.35. The summed E-state index contributed by atoms with van der Waals surface area (Å²) < 4.78 is 17.1. The summed E-state index contributed by atoms with van der Waals surface area (Å²) in [6.07, 6.45) is 3.38. The van der Waals surface area contributed by atoms with E-state index in [1.807, 2.05) is 13.8 Å². The highest BCUT2D eigenvalue weighted by atomic mass is 16.7. The van der Waals surface area contributed by atoms with Crippen LogP contribution in [-0.2, 0) is 20.6 Å². The topological polar surface area (TPSA) is 27.7 Å². The second-order valence-electron chi connectivity index (χ2n) is 4.75. The minimum absolute atomic E-state index is 0.188. The lowest BCUT2D eigenvalue weighted by Gasteiger charge is -2.27. The van der Waals surface area contributed by atoms with Crippen LogP contribution in [0, 0.1) is 0 Å². The van der Waals surface area contributed by atoms with Crippen LogP contribution in [0.5, 0.6) is 0 Å². The molecule has 0 saturated carbocycles. The maximum atomic E-state index is 6.03.